The molecule has 5 nitrogen and oxygen atoms in total. The fourth-order valence-electron chi connectivity index (χ4n) is 2.79. The maximum absolute atomic E-state index is 11.7. The van der Waals surface area contributed by atoms with Gasteiger partial charge in [0.05, 0.1) is 6.54 Å². The Morgan fingerprint density at radius 2 is 1.96 bits per heavy atom. The maximum atomic E-state index is 11.7. The van der Waals surface area contributed by atoms with Gasteiger partial charge in [0.15, 0.2) is 0 Å². The molecule has 0 radical (unpaired) electrons. The molecule has 2 aliphatic heterocycles. The first-order valence-electron chi connectivity index (χ1n) is 8.36. The van der Waals surface area contributed by atoms with Gasteiger partial charge in [-0.05, 0) is 45.2 Å². The number of cyclic esters (lactones) is 1. The molecule has 2 aliphatic rings. The zero-order valence-corrected chi connectivity index (χ0v) is 13.8. The summed E-state index contributed by atoms with van der Waals surface area (Å²) in [5, 5.41) is 3.30. The third-order valence-corrected chi connectivity index (χ3v) is 4.23. The number of aryl methyl sites for hydroxylation is 1. The molecule has 23 heavy (non-hydrogen) atoms. The molecule has 0 aromatic heterocycles. The molecule has 2 fully saturated rings. The van der Waals surface area contributed by atoms with Crippen LogP contribution in [0.25, 0.3) is 0 Å². The summed E-state index contributed by atoms with van der Waals surface area (Å²) in [5.41, 5.74) is 1.32. The molecule has 0 unspecified atom stereocenters. The standard InChI is InChI=1S/C11H18N2O3.C7H8/c14-10(13-7-8-16-11(13)15)2-1-9-3-5-12-6-4-9;1-7-5-3-2-4-6-7/h9,12H,1-8H2;2-6H,1H3. The van der Waals surface area contributed by atoms with Crippen LogP contribution in [0, 0.1) is 12.8 Å². The average molecular weight is 318 g/mol. The number of hydrogen-bond donors (Lipinski definition) is 1. The summed E-state index contributed by atoms with van der Waals surface area (Å²) in [6.45, 7) is 4.94. The molecule has 1 aromatic carbocycles. The minimum atomic E-state index is -0.477. The average Bonchev–Trinajstić information content (AvgIpc) is 3.01. The van der Waals surface area contributed by atoms with Gasteiger partial charge in [0, 0.05) is 6.42 Å². The second-order valence-electron chi connectivity index (χ2n) is 6.05. The molecule has 1 aromatic rings. The Morgan fingerprint density at radius 3 is 2.48 bits per heavy atom. The van der Waals surface area contributed by atoms with E-state index in [2.05, 4.69) is 24.4 Å². The predicted octanol–water partition coefficient (Wildman–Crippen LogP) is 2.74. The van der Waals surface area contributed by atoms with E-state index in [0.717, 1.165) is 32.4 Å². The molecule has 2 amide bonds. The molecule has 2 heterocycles. The number of nitrogens with one attached hydrogen (secondary N) is 1. The number of nitrogens with zero attached hydrogens (tertiary/aromatic N) is 1. The van der Waals surface area contributed by atoms with Crippen LogP contribution in [0.5, 0.6) is 0 Å². The Labute approximate surface area is 138 Å². The van der Waals surface area contributed by atoms with Crippen LogP contribution in [0.3, 0.4) is 0 Å². The molecule has 0 bridgehead atoms. The Morgan fingerprint density at radius 1 is 1.26 bits per heavy atom. The lowest BCUT2D eigenvalue weighted by Crippen LogP contribution is -2.33. The van der Waals surface area contributed by atoms with Gasteiger partial charge in [-0.2, -0.15) is 0 Å². The van der Waals surface area contributed by atoms with Crippen molar-refractivity contribution in [3.8, 4) is 0 Å². The van der Waals surface area contributed by atoms with Crippen molar-refractivity contribution in [2.45, 2.75) is 32.6 Å². The van der Waals surface area contributed by atoms with Crippen LogP contribution in [0.15, 0.2) is 30.3 Å². The van der Waals surface area contributed by atoms with Gasteiger partial charge >= 0.3 is 6.09 Å². The number of carbonyl (C=O) groups excluding carboxylic acids is 2. The lowest BCUT2D eigenvalue weighted by atomic mass is 9.93. The van der Waals surface area contributed by atoms with E-state index < -0.39 is 6.09 Å². The molecule has 2 saturated heterocycles. The van der Waals surface area contributed by atoms with Crippen molar-refractivity contribution in [1.29, 1.82) is 0 Å². The van der Waals surface area contributed by atoms with Gasteiger partial charge < -0.3 is 10.1 Å². The Bertz CT molecular complexity index is 498. The highest BCUT2D eigenvalue weighted by Gasteiger charge is 2.28. The van der Waals surface area contributed by atoms with Crippen molar-refractivity contribution in [3.63, 3.8) is 0 Å². The Balaban J connectivity index is 0.000000229. The highest BCUT2D eigenvalue weighted by atomic mass is 16.6. The van der Waals surface area contributed by atoms with E-state index in [1.165, 1.54) is 10.5 Å². The fraction of sp³-hybridized carbons (Fsp3) is 0.556. The minimum Gasteiger partial charge on any atom is -0.447 e. The molecule has 3 rings (SSSR count). The third kappa shape index (κ3) is 6.02. The van der Waals surface area contributed by atoms with Crippen LogP contribution in [0.4, 0.5) is 4.79 Å². The van der Waals surface area contributed by atoms with Crippen molar-refractivity contribution < 1.29 is 14.3 Å². The van der Waals surface area contributed by atoms with E-state index in [0.29, 0.717) is 25.5 Å². The summed E-state index contributed by atoms with van der Waals surface area (Å²) in [4.78, 5) is 24.1. The van der Waals surface area contributed by atoms with Crippen molar-refractivity contribution in [3.05, 3.63) is 35.9 Å². The number of benzene rings is 1. The Kier molecular flexibility index (Phi) is 7.07. The molecule has 1 N–H and O–H groups in total. The molecule has 0 aliphatic carbocycles. The van der Waals surface area contributed by atoms with Crippen LogP contribution >= 0.6 is 0 Å². The number of piperidine rings is 1. The lowest BCUT2D eigenvalue weighted by Gasteiger charge is -2.22. The molecule has 5 heteroatoms. The largest absolute Gasteiger partial charge is 0.447 e. The first-order chi connectivity index (χ1) is 11.2. The van der Waals surface area contributed by atoms with Gasteiger partial charge in [0.2, 0.25) is 5.91 Å². The van der Waals surface area contributed by atoms with E-state index in [1.54, 1.807) is 0 Å². The number of carbonyl (C=O) groups is 2. The van der Waals surface area contributed by atoms with Gasteiger partial charge in [-0.3, -0.25) is 4.79 Å². The van der Waals surface area contributed by atoms with Crippen molar-refractivity contribution in [2.24, 2.45) is 5.92 Å². The highest BCUT2D eigenvalue weighted by Crippen LogP contribution is 2.19. The summed E-state index contributed by atoms with van der Waals surface area (Å²) in [5.74, 6) is 0.546. The number of imide groups is 1. The predicted molar refractivity (Wildman–Crippen MR) is 89.1 cm³/mol. The van der Waals surface area contributed by atoms with Crippen LogP contribution in [0.1, 0.15) is 31.2 Å². The lowest BCUT2D eigenvalue weighted by molar-refractivity contribution is -0.128. The zero-order valence-electron chi connectivity index (χ0n) is 13.8. The van der Waals surface area contributed by atoms with Gasteiger partial charge in [0.1, 0.15) is 6.61 Å². The summed E-state index contributed by atoms with van der Waals surface area (Å²) >= 11 is 0. The van der Waals surface area contributed by atoms with E-state index in [-0.39, 0.29) is 5.91 Å². The number of rotatable bonds is 3. The Hall–Kier alpha value is -1.88. The van der Waals surface area contributed by atoms with Gasteiger partial charge in [-0.1, -0.05) is 35.9 Å². The minimum absolute atomic E-state index is 0.0824. The number of hydrogen-bond acceptors (Lipinski definition) is 4. The van der Waals surface area contributed by atoms with E-state index in [1.807, 2.05) is 18.2 Å². The first kappa shape index (κ1) is 17.5. The van der Waals surface area contributed by atoms with Crippen LogP contribution in [-0.2, 0) is 9.53 Å². The summed E-state index contributed by atoms with van der Waals surface area (Å²) < 4.78 is 4.73. The molecular weight excluding hydrogens is 292 g/mol. The third-order valence-electron chi connectivity index (χ3n) is 4.23. The quantitative estimate of drug-likeness (QED) is 0.931. The first-order valence-corrected chi connectivity index (χ1v) is 8.36. The van der Waals surface area contributed by atoms with Crippen molar-refractivity contribution in [2.75, 3.05) is 26.2 Å². The van der Waals surface area contributed by atoms with Crippen molar-refractivity contribution in [1.82, 2.24) is 10.2 Å². The normalized spacial score (nSPS) is 18.1. The maximum Gasteiger partial charge on any atom is 0.416 e. The molecular formula is C18H26N2O3. The number of amides is 2. The van der Waals surface area contributed by atoms with Gasteiger partial charge in [-0.15, -0.1) is 0 Å². The summed E-state index contributed by atoms with van der Waals surface area (Å²) in [7, 11) is 0. The molecule has 0 atom stereocenters. The second kappa shape index (κ2) is 9.30. The monoisotopic (exact) mass is 318 g/mol. The smallest absolute Gasteiger partial charge is 0.416 e. The summed E-state index contributed by atoms with van der Waals surface area (Å²) in [6.07, 6.45) is 3.16. The molecule has 0 spiro atoms. The molecule has 0 saturated carbocycles. The van der Waals surface area contributed by atoms with E-state index >= 15 is 0 Å². The highest BCUT2D eigenvalue weighted by molar-refractivity contribution is 5.92. The number of ether oxygens (including phenoxy) is 1. The van der Waals surface area contributed by atoms with E-state index in [9.17, 15) is 9.59 Å². The zero-order chi connectivity index (χ0) is 16.5. The summed E-state index contributed by atoms with van der Waals surface area (Å²) in [6, 6.07) is 10.3. The van der Waals surface area contributed by atoms with E-state index in [4.69, 9.17) is 4.74 Å². The molecule has 126 valence electrons. The van der Waals surface area contributed by atoms with Crippen LogP contribution < -0.4 is 5.32 Å². The topological polar surface area (TPSA) is 58.6 Å². The second-order valence-corrected chi connectivity index (χ2v) is 6.05. The van der Waals surface area contributed by atoms with Crippen molar-refractivity contribution >= 4 is 12.0 Å². The van der Waals surface area contributed by atoms with Crippen LogP contribution in [0.2, 0.25) is 0 Å². The van der Waals surface area contributed by atoms with Gasteiger partial charge in [0.25, 0.3) is 0 Å². The van der Waals surface area contributed by atoms with Gasteiger partial charge in [-0.25, -0.2) is 9.69 Å². The van der Waals surface area contributed by atoms with Crippen LogP contribution in [-0.4, -0.2) is 43.1 Å². The SMILES string of the molecule is Cc1ccccc1.O=C(CCC1CCNCC1)N1CCOC1=O. The fourth-order valence-corrected chi connectivity index (χ4v) is 2.79.